The second-order valence-corrected chi connectivity index (χ2v) is 7.44. The summed E-state index contributed by atoms with van der Waals surface area (Å²) in [6.45, 7) is 5.63. The number of carbonyl (C=O) groups excluding carboxylic acids is 1. The van der Waals surface area contributed by atoms with Gasteiger partial charge in [0.1, 0.15) is 0 Å². The van der Waals surface area contributed by atoms with Gasteiger partial charge in [-0.2, -0.15) is 0 Å². The van der Waals surface area contributed by atoms with Crippen LogP contribution in [0, 0.1) is 5.41 Å². The van der Waals surface area contributed by atoms with Gasteiger partial charge in [0.05, 0.1) is 6.04 Å². The van der Waals surface area contributed by atoms with Crippen LogP contribution in [0.3, 0.4) is 0 Å². The van der Waals surface area contributed by atoms with Crippen molar-refractivity contribution in [3.63, 3.8) is 0 Å². The minimum atomic E-state index is -0.0849. The van der Waals surface area contributed by atoms with Crippen LogP contribution >= 0.6 is 11.6 Å². The van der Waals surface area contributed by atoms with Crippen LogP contribution < -0.4 is 5.32 Å². The van der Waals surface area contributed by atoms with Crippen molar-refractivity contribution in [1.82, 2.24) is 10.2 Å². The van der Waals surface area contributed by atoms with Crippen molar-refractivity contribution in [1.29, 1.82) is 0 Å². The Labute approximate surface area is 143 Å². The molecule has 0 aromatic heterocycles. The van der Waals surface area contributed by atoms with Crippen molar-refractivity contribution >= 4 is 17.6 Å². The van der Waals surface area contributed by atoms with E-state index in [9.17, 15) is 9.90 Å². The number of benzene rings is 1. The number of carbonyl (C=O) groups is 1. The smallest absolute Gasteiger partial charge is 0.317 e. The number of amides is 2. The lowest BCUT2D eigenvalue weighted by molar-refractivity contribution is 0.147. The van der Waals surface area contributed by atoms with Crippen LogP contribution in [0.15, 0.2) is 24.3 Å². The number of halogens is 1. The van der Waals surface area contributed by atoms with Crippen molar-refractivity contribution in [2.24, 2.45) is 5.41 Å². The fourth-order valence-electron chi connectivity index (χ4n) is 3.02. The lowest BCUT2D eigenvalue weighted by Crippen LogP contribution is -2.40. The zero-order valence-electron chi connectivity index (χ0n) is 14.0. The predicted molar refractivity (Wildman–Crippen MR) is 93.6 cm³/mol. The topological polar surface area (TPSA) is 52.6 Å². The lowest BCUT2D eigenvalue weighted by Gasteiger charge is -2.26. The third kappa shape index (κ3) is 4.85. The quantitative estimate of drug-likeness (QED) is 0.771. The van der Waals surface area contributed by atoms with Gasteiger partial charge >= 0.3 is 6.03 Å². The first kappa shape index (κ1) is 18.1. The van der Waals surface area contributed by atoms with Crippen molar-refractivity contribution in [3.8, 4) is 0 Å². The number of aliphatic hydroxyl groups excluding tert-OH is 1. The molecule has 1 unspecified atom stereocenters. The third-order valence-corrected chi connectivity index (χ3v) is 4.86. The molecule has 128 valence electrons. The van der Waals surface area contributed by atoms with Crippen LogP contribution in [0.25, 0.3) is 0 Å². The summed E-state index contributed by atoms with van der Waals surface area (Å²) in [4.78, 5) is 14.3. The number of likely N-dealkylation sites (tertiary alicyclic amines) is 1. The van der Waals surface area contributed by atoms with Crippen molar-refractivity contribution in [2.45, 2.75) is 45.6 Å². The molecule has 1 aromatic rings. The van der Waals surface area contributed by atoms with Gasteiger partial charge in [-0.05, 0) is 42.7 Å². The monoisotopic (exact) mass is 338 g/mol. The maximum atomic E-state index is 12.5. The molecule has 23 heavy (non-hydrogen) atoms. The summed E-state index contributed by atoms with van der Waals surface area (Å²) >= 11 is 6.29. The Morgan fingerprint density at radius 3 is 2.87 bits per heavy atom. The molecule has 1 atom stereocenters. The van der Waals surface area contributed by atoms with Crippen molar-refractivity contribution in [3.05, 3.63) is 34.9 Å². The van der Waals surface area contributed by atoms with E-state index in [1.807, 2.05) is 43.0 Å². The molecule has 1 aliphatic heterocycles. The van der Waals surface area contributed by atoms with Crippen LogP contribution in [-0.4, -0.2) is 35.7 Å². The fraction of sp³-hybridized carbons (Fsp3) is 0.611. The van der Waals surface area contributed by atoms with E-state index in [0.29, 0.717) is 6.54 Å². The van der Waals surface area contributed by atoms with Crippen LogP contribution in [0.4, 0.5) is 4.79 Å². The Bertz CT molecular complexity index is 534. The summed E-state index contributed by atoms with van der Waals surface area (Å²) in [5.41, 5.74) is 0.946. The minimum absolute atomic E-state index is 0.0192. The zero-order chi connectivity index (χ0) is 16.9. The van der Waals surface area contributed by atoms with Crippen LogP contribution in [0.1, 0.15) is 51.1 Å². The Hall–Kier alpha value is -1.26. The van der Waals surface area contributed by atoms with Crippen molar-refractivity contribution < 1.29 is 9.90 Å². The fourth-order valence-corrected chi connectivity index (χ4v) is 3.28. The predicted octanol–water partition coefficient (Wildman–Crippen LogP) is 3.99. The molecule has 0 saturated carbocycles. The SMILES string of the molecule is CC(C)(CO)CCCNC(=O)N1CCCC1c1ccccc1Cl. The highest BCUT2D eigenvalue weighted by Crippen LogP contribution is 2.35. The summed E-state index contributed by atoms with van der Waals surface area (Å²) in [6, 6.07) is 7.80. The molecule has 1 aromatic carbocycles. The Balaban J connectivity index is 1.88. The standard InChI is InChI=1S/C18H27ClN2O2/c1-18(2,13-22)10-6-11-20-17(23)21-12-5-9-16(21)14-7-3-4-8-15(14)19/h3-4,7-8,16,22H,5-6,9-13H2,1-2H3,(H,20,23). The average Bonchev–Trinajstić information content (AvgIpc) is 3.01. The van der Waals surface area contributed by atoms with Crippen LogP contribution in [0.5, 0.6) is 0 Å². The second-order valence-electron chi connectivity index (χ2n) is 7.03. The third-order valence-electron chi connectivity index (χ3n) is 4.51. The highest BCUT2D eigenvalue weighted by atomic mass is 35.5. The van der Waals surface area contributed by atoms with Crippen LogP contribution in [0.2, 0.25) is 5.02 Å². The molecular weight excluding hydrogens is 312 g/mol. The molecular formula is C18H27ClN2O2. The van der Waals surface area contributed by atoms with E-state index in [1.54, 1.807) is 0 Å². The van der Waals surface area contributed by atoms with Gasteiger partial charge in [0, 0.05) is 24.7 Å². The molecule has 0 aliphatic carbocycles. The summed E-state index contributed by atoms with van der Waals surface area (Å²) < 4.78 is 0. The minimum Gasteiger partial charge on any atom is -0.396 e. The number of hydrogen-bond acceptors (Lipinski definition) is 2. The number of rotatable bonds is 6. The number of hydrogen-bond donors (Lipinski definition) is 2. The molecule has 1 aliphatic rings. The summed E-state index contributed by atoms with van der Waals surface area (Å²) in [7, 11) is 0. The first-order chi connectivity index (χ1) is 10.9. The van der Waals surface area contributed by atoms with E-state index in [4.69, 9.17) is 11.6 Å². The molecule has 2 N–H and O–H groups in total. The second kappa shape index (κ2) is 8.02. The van der Waals surface area contributed by atoms with Gasteiger partial charge < -0.3 is 15.3 Å². The zero-order valence-corrected chi connectivity index (χ0v) is 14.8. The first-order valence-electron chi connectivity index (χ1n) is 8.34. The Morgan fingerprint density at radius 1 is 1.43 bits per heavy atom. The summed E-state index contributed by atoms with van der Waals surface area (Å²) in [5.74, 6) is 0. The number of urea groups is 1. The van der Waals surface area contributed by atoms with E-state index in [1.165, 1.54) is 0 Å². The number of aliphatic hydroxyl groups is 1. The number of nitrogens with one attached hydrogen (secondary N) is 1. The molecule has 0 radical (unpaired) electrons. The lowest BCUT2D eigenvalue weighted by atomic mass is 9.89. The van der Waals surface area contributed by atoms with Gasteiger partial charge in [-0.25, -0.2) is 4.79 Å². The summed E-state index contributed by atoms with van der Waals surface area (Å²) in [6.07, 6.45) is 3.71. The average molecular weight is 339 g/mol. The highest BCUT2D eigenvalue weighted by molar-refractivity contribution is 6.31. The van der Waals surface area contributed by atoms with Gasteiger partial charge in [-0.3, -0.25) is 0 Å². The van der Waals surface area contributed by atoms with Gasteiger partial charge in [-0.1, -0.05) is 43.6 Å². The number of nitrogens with zero attached hydrogens (tertiary/aromatic N) is 1. The molecule has 2 rings (SSSR count). The highest BCUT2D eigenvalue weighted by Gasteiger charge is 2.30. The maximum Gasteiger partial charge on any atom is 0.317 e. The van der Waals surface area contributed by atoms with Gasteiger partial charge in [0.15, 0.2) is 0 Å². The summed E-state index contributed by atoms with van der Waals surface area (Å²) in [5, 5.41) is 13.0. The first-order valence-corrected chi connectivity index (χ1v) is 8.72. The molecule has 5 heteroatoms. The molecule has 1 fully saturated rings. The van der Waals surface area contributed by atoms with E-state index in [0.717, 1.165) is 42.8 Å². The van der Waals surface area contributed by atoms with Crippen LogP contribution in [-0.2, 0) is 0 Å². The maximum absolute atomic E-state index is 12.5. The van der Waals surface area contributed by atoms with E-state index >= 15 is 0 Å². The molecule has 0 spiro atoms. The van der Waals surface area contributed by atoms with Crippen molar-refractivity contribution in [2.75, 3.05) is 19.7 Å². The Kier molecular flexibility index (Phi) is 6.31. The largest absolute Gasteiger partial charge is 0.396 e. The van der Waals surface area contributed by atoms with E-state index in [2.05, 4.69) is 5.32 Å². The molecule has 4 nitrogen and oxygen atoms in total. The Morgan fingerprint density at radius 2 is 2.17 bits per heavy atom. The molecule has 0 bridgehead atoms. The normalized spacial score (nSPS) is 18.3. The van der Waals surface area contributed by atoms with E-state index < -0.39 is 0 Å². The van der Waals surface area contributed by atoms with Gasteiger partial charge in [-0.15, -0.1) is 0 Å². The van der Waals surface area contributed by atoms with Gasteiger partial charge in [0.2, 0.25) is 0 Å². The molecule has 1 heterocycles. The van der Waals surface area contributed by atoms with E-state index in [-0.39, 0.29) is 24.1 Å². The molecule has 2 amide bonds. The van der Waals surface area contributed by atoms with Gasteiger partial charge in [0.25, 0.3) is 0 Å². The molecule has 1 saturated heterocycles.